The fraction of sp³-hybridized carbons (Fsp3) is 0.200. The Bertz CT molecular complexity index is 582. The largest absolute Gasteiger partial charge is 0.460 e. The van der Waals surface area contributed by atoms with Crippen molar-refractivity contribution >= 4 is 22.5 Å². The van der Waals surface area contributed by atoms with Crippen LogP contribution in [0.25, 0.3) is 10.8 Å². The molecule has 0 heterocycles. The highest BCUT2D eigenvalue weighted by Crippen LogP contribution is 2.19. The Morgan fingerprint density at radius 2 is 1.78 bits per heavy atom. The van der Waals surface area contributed by atoms with Crippen molar-refractivity contribution in [2.24, 2.45) is 0 Å². The van der Waals surface area contributed by atoms with E-state index in [1.54, 1.807) is 6.92 Å². The van der Waals surface area contributed by atoms with Crippen molar-refractivity contribution < 1.29 is 14.3 Å². The third-order valence-electron chi connectivity index (χ3n) is 2.73. The van der Waals surface area contributed by atoms with Gasteiger partial charge in [0.05, 0.1) is 6.61 Å². The molecular formula is C15H14O3. The van der Waals surface area contributed by atoms with Gasteiger partial charge in [-0.15, -0.1) is 0 Å². The lowest BCUT2D eigenvalue weighted by Crippen LogP contribution is -2.19. The SMILES string of the molecule is CCOC(=O)C(=O)Cc1cccc2ccccc12. The molecule has 18 heavy (non-hydrogen) atoms. The normalized spacial score (nSPS) is 10.3. The number of Topliss-reactive ketones (excluding diaryl/α,β-unsaturated/α-hetero) is 1. The number of rotatable bonds is 4. The average molecular weight is 242 g/mol. The minimum Gasteiger partial charge on any atom is -0.460 e. The molecule has 2 aromatic carbocycles. The van der Waals surface area contributed by atoms with E-state index in [0.29, 0.717) is 0 Å². The summed E-state index contributed by atoms with van der Waals surface area (Å²) in [4.78, 5) is 23.0. The van der Waals surface area contributed by atoms with E-state index >= 15 is 0 Å². The zero-order chi connectivity index (χ0) is 13.0. The van der Waals surface area contributed by atoms with Crippen molar-refractivity contribution in [3.05, 3.63) is 48.0 Å². The molecule has 0 saturated carbocycles. The minimum atomic E-state index is -0.759. The Morgan fingerprint density at radius 1 is 1.06 bits per heavy atom. The van der Waals surface area contributed by atoms with Crippen LogP contribution in [0.2, 0.25) is 0 Å². The van der Waals surface area contributed by atoms with Crippen LogP contribution < -0.4 is 0 Å². The number of hydrogen-bond donors (Lipinski definition) is 0. The van der Waals surface area contributed by atoms with Gasteiger partial charge < -0.3 is 4.74 Å². The number of ether oxygens (including phenoxy) is 1. The number of benzene rings is 2. The Morgan fingerprint density at radius 3 is 2.56 bits per heavy atom. The molecule has 3 heteroatoms. The molecule has 0 unspecified atom stereocenters. The highest BCUT2D eigenvalue weighted by Gasteiger charge is 2.16. The first-order valence-corrected chi connectivity index (χ1v) is 5.89. The lowest BCUT2D eigenvalue weighted by atomic mass is 10.0. The first-order chi connectivity index (χ1) is 8.72. The zero-order valence-electron chi connectivity index (χ0n) is 10.2. The van der Waals surface area contributed by atoms with Gasteiger partial charge >= 0.3 is 5.97 Å². The number of esters is 1. The van der Waals surface area contributed by atoms with E-state index in [4.69, 9.17) is 4.74 Å². The molecule has 0 aromatic heterocycles. The molecule has 2 aromatic rings. The average Bonchev–Trinajstić information content (AvgIpc) is 2.39. The van der Waals surface area contributed by atoms with Crippen LogP contribution in [0.5, 0.6) is 0 Å². The van der Waals surface area contributed by atoms with E-state index in [9.17, 15) is 9.59 Å². The summed E-state index contributed by atoms with van der Waals surface area (Å²) in [6.07, 6.45) is 0.0835. The molecule has 0 amide bonds. The number of fused-ring (bicyclic) bond motifs is 1. The second-order valence-corrected chi connectivity index (χ2v) is 3.96. The summed E-state index contributed by atoms with van der Waals surface area (Å²) in [5, 5.41) is 2.06. The first kappa shape index (κ1) is 12.3. The van der Waals surface area contributed by atoms with Crippen LogP contribution >= 0.6 is 0 Å². The van der Waals surface area contributed by atoms with Gasteiger partial charge in [-0.3, -0.25) is 4.79 Å². The highest BCUT2D eigenvalue weighted by atomic mass is 16.5. The van der Waals surface area contributed by atoms with Gasteiger partial charge in [-0.05, 0) is 23.3 Å². The summed E-state index contributed by atoms with van der Waals surface area (Å²) in [6, 6.07) is 13.5. The van der Waals surface area contributed by atoms with Gasteiger partial charge in [0.25, 0.3) is 0 Å². The molecule has 0 fully saturated rings. The lowest BCUT2D eigenvalue weighted by molar-refractivity contribution is -0.153. The summed E-state index contributed by atoms with van der Waals surface area (Å²) in [5.74, 6) is -1.27. The van der Waals surface area contributed by atoms with Crippen LogP contribution in [-0.2, 0) is 20.7 Å². The van der Waals surface area contributed by atoms with Crippen molar-refractivity contribution in [3.63, 3.8) is 0 Å². The van der Waals surface area contributed by atoms with E-state index in [-0.39, 0.29) is 13.0 Å². The van der Waals surface area contributed by atoms with Crippen molar-refractivity contribution in [2.45, 2.75) is 13.3 Å². The van der Waals surface area contributed by atoms with Crippen molar-refractivity contribution in [1.82, 2.24) is 0 Å². The number of carbonyl (C=O) groups is 2. The maximum Gasteiger partial charge on any atom is 0.374 e. The number of carbonyl (C=O) groups excluding carboxylic acids is 2. The molecule has 2 rings (SSSR count). The maximum absolute atomic E-state index is 11.7. The summed E-state index contributed by atoms with van der Waals surface area (Å²) < 4.78 is 4.70. The topological polar surface area (TPSA) is 43.4 Å². The second kappa shape index (κ2) is 5.45. The predicted molar refractivity (Wildman–Crippen MR) is 69.3 cm³/mol. The fourth-order valence-corrected chi connectivity index (χ4v) is 1.90. The summed E-state index contributed by atoms with van der Waals surface area (Å²) >= 11 is 0. The van der Waals surface area contributed by atoms with Crippen LogP contribution in [-0.4, -0.2) is 18.4 Å². The van der Waals surface area contributed by atoms with Crippen LogP contribution in [0.1, 0.15) is 12.5 Å². The molecule has 0 aliphatic rings. The molecule has 92 valence electrons. The predicted octanol–water partition coefficient (Wildman–Crippen LogP) is 2.51. The first-order valence-electron chi connectivity index (χ1n) is 5.89. The fourth-order valence-electron chi connectivity index (χ4n) is 1.90. The van der Waals surface area contributed by atoms with E-state index in [0.717, 1.165) is 16.3 Å². The lowest BCUT2D eigenvalue weighted by Gasteiger charge is -2.05. The standard InChI is InChI=1S/C15H14O3/c1-2-18-15(17)14(16)10-12-8-5-7-11-6-3-4-9-13(11)12/h3-9H,2,10H2,1H3. The van der Waals surface area contributed by atoms with Gasteiger partial charge in [-0.1, -0.05) is 42.5 Å². The molecule has 0 bridgehead atoms. The Hall–Kier alpha value is -2.16. The van der Waals surface area contributed by atoms with Gasteiger partial charge in [-0.25, -0.2) is 4.79 Å². The zero-order valence-corrected chi connectivity index (χ0v) is 10.2. The molecule has 0 spiro atoms. The van der Waals surface area contributed by atoms with Crippen molar-refractivity contribution in [1.29, 1.82) is 0 Å². The van der Waals surface area contributed by atoms with E-state index in [1.165, 1.54) is 0 Å². The summed E-state index contributed by atoms with van der Waals surface area (Å²) in [6.45, 7) is 1.91. The third-order valence-corrected chi connectivity index (χ3v) is 2.73. The third kappa shape index (κ3) is 2.56. The van der Waals surface area contributed by atoms with Gasteiger partial charge in [0.2, 0.25) is 5.78 Å². The van der Waals surface area contributed by atoms with Crippen molar-refractivity contribution in [3.8, 4) is 0 Å². The number of hydrogen-bond acceptors (Lipinski definition) is 3. The highest BCUT2D eigenvalue weighted by molar-refractivity contribution is 6.34. The van der Waals surface area contributed by atoms with Crippen molar-refractivity contribution in [2.75, 3.05) is 6.61 Å². The molecule has 0 aliphatic heterocycles. The van der Waals surface area contributed by atoms with Gasteiger partial charge in [0, 0.05) is 6.42 Å². The second-order valence-electron chi connectivity index (χ2n) is 3.96. The monoisotopic (exact) mass is 242 g/mol. The Kier molecular flexibility index (Phi) is 3.72. The van der Waals surface area contributed by atoms with Crippen LogP contribution in [0.4, 0.5) is 0 Å². The van der Waals surface area contributed by atoms with Crippen LogP contribution in [0.3, 0.4) is 0 Å². The summed E-state index contributed by atoms with van der Waals surface area (Å²) in [7, 11) is 0. The number of ketones is 1. The van der Waals surface area contributed by atoms with E-state index in [2.05, 4.69) is 0 Å². The molecule has 0 aliphatic carbocycles. The molecule has 0 radical (unpaired) electrons. The smallest absolute Gasteiger partial charge is 0.374 e. The molecular weight excluding hydrogens is 228 g/mol. The molecule has 0 N–H and O–H groups in total. The molecule has 0 atom stereocenters. The quantitative estimate of drug-likeness (QED) is 0.611. The Labute approximate surface area is 105 Å². The van der Waals surface area contributed by atoms with Crippen LogP contribution in [0, 0.1) is 0 Å². The van der Waals surface area contributed by atoms with Gasteiger partial charge in [0.15, 0.2) is 0 Å². The van der Waals surface area contributed by atoms with Gasteiger partial charge in [0.1, 0.15) is 0 Å². The van der Waals surface area contributed by atoms with Gasteiger partial charge in [-0.2, -0.15) is 0 Å². The van der Waals surface area contributed by atoms with Crippen LogP contribution in [0.15, 0.2) is 42.5 Å². The molecule has 0 saturated heterocycles. The van der Waals surface area contributed by atoms with E-state index < -0.39 is 11.8 Å². The van der Waals surface area contributed by atoms with E-state index in [1.807, 2.05) is 42.5 Å². The minimum absolute atomic E-state index is 0.0835. The Balaban J connectivity index is 2.27. The maximum atomic E-state index is 11.7. The summed E-state index contributed by atoms with van der Waals surface area (Å²) in [5.41, 5.74) is 0.853. The molecule has 3 nitrogen and oxygen atoms in total.